The average Bonchev–Trinajstić information content (AvgIpc) is 2.90. The number of carbonyl (C=O) groups is 2. The third kappa shape index (κ3) is 9.41. The van der Waals surface area contributed by atoms with E-state index in [1.165, 1.54) is 11.8 Å². The fraction of sp³-hybridized carbons (Fsp3) is 0.333. The molecule has 0 fully saturated rings. The van der Waals surface area contributed by atoms with Crippen molar-refractivity contribution in [2.24, 2.45) is 0 Å². The van der Waals surface area contributed by atoms with Gasteiger partial charge in [-0.1, -0.05) is 103 Å². The van der Waals surface area contributed by atoms with Crippen molar-refractivity contribution in [3.63, 3.8) is 0 Å². The van der Waals surface area contributed by atoms with Gasteiger partial charge in [0.2, 0.25) is 11.8 Å². The third-order valence-electron chi connectivity index (χ3n) is 6.05. The van der Waals surface area contributed by atoms with Gasteiger partial charge in [-0.3, -0.25) is 9.59 Å². The number of hydrogen-bond donors (Lipinski definition) is 1. The van der Waals surface area contributed by atoms with E-state index in [0.717, 1.165) is 35.1 Å². The van der Waals surface area contributed by atoms with E-state index >= 15 is 0 Å². The van der Waals surface area contributed by atoms with Gasteiger partial charge in [-0.15, -0.1) is 11.8 Å². The van der Waals surface area contributed by atoms with Crippen molar-refractivity contribution in [1.82, 2.24) is 10.2 Å². The number of nitrogens with zero attached hydrogens (tertiary/aromatic N) is 1. The highest BCUT2D eigenvalue weighted by atomic mass is 35.5. The summed E-state index contributed by atoms with van der Waals surface area (Å²) in [4.78, 5) is 28.8. The van der Waals surface area contributed by atoms with E-state index in [4.69, 9.17) is 23.2 Å². The van der Waals surface area contributed by atoms with Crippen LogP contribution in [0, 0.1) is 6.92 Å². The van der Waals surface area contributed by atoms with Crippen LogP contribution in [0.2, 0.25) is 10.0 Å². The number of unbranched alkanes of at least 4 members (excludes halogenated alkanes) is 1. The summed E-state index contributed by atoms with van der Waals surface area (Å²) in [7, 11) is 0. The fourth-order valence-electron chi connectivity index (χ4n) is 3.92. The van der Waals surface area contributed by atoms with Crippen molar-refractivity contribution < 1.29 is 9.59 Å². The highest BCUT2D eigenvalue weighted by Gasteiger charge is 2.30. The van der Waals surface area contributed by atoms with E-state index in [1.807, 2.05) is 73.7 Å². The molecule has 2 amide bonds. The Morgan fingerprint density at radius 3 is 2.30 bits per heavy atom. The molecular weight excluding hydrogens is 523 g/mol. The second-order valence-electron chi connectivity index (χ2n) is 9.10. The van der Waals surface area contributed by atoms with Gasteiger partial charge in [-0.2, -0.15) is 0 Å². The van der Waals surface area contributed by atoms with Crippen LogP contribution in [0.4, 0.5) is 0 Å². The van der Waals surface area contributed by atoms with Crippen LogP contribution < -0.4 is 5.32 Å². The predicted molar refractivity (Wildman–Crippen MR) is 156 cm³/mol. The molecule has 0 radical (unpaired) electrons. The molecular formula is C30H34Cl2N2O2S. The Labute approximate surface area is 234 Å². The molecule has 0 saturated heterocycles. The van der Waals surface area contributed by atoms with Crippen molar-refractivity contribution in [1.29, 1.82) is 0 Å². The zero-order valence-electron chi connectivity index (χ0n) is 21.4. The molecule has 1 N–H and O–H groups in total. The Bertz CT molecular complexity index is 1160. The van der Waals surface area contributed by atoms with Crippen LogP contribution in [-0.4, -0.2) is 35.1 Å². The number of hydrogen-bond acceptors (Lipinski definition) is 3. The van der Waals surface area contributed by atoms with E-state index in [-0.39, 0.29) is 17.6 Å². The first-order chi connectivity index (χ1) is 17.9. The molecule has 0 heterocycles. The van der Waals surface area contributed by atoms with Crippen molar-refractivity contribution in [2.75, 3.05) is 12.3 Å². The topological polar surface area (TPSA) is 49.4 Å². The first-order valence-corrected chi connectivity index (χ1v) is 14.5. The Morgan fingerprint density at radius 1 is 0.919 bits per heavy atom. The number of rotatable bonds is 13. The summed E-state index contributed by atoms with van der Waals surface area (Å²) < 4.78 is 0. The third-order valence-corrected chi connectivity index (χ3v) is 7.78. The van der Waals surface area contributed by atoms with Crippen LogP contribution in [0.5, 0.6) is 0 Å². The Hall–Kier alpha value is -2.47. The largest absolute Gasteiger partial charge is 0.354 e. The second kappa shape index (κ2) is 15.1. The highest BCUT2D eigenvalue weighted by Crippen LogP contribution is 2.25. The molecule has 0 aliphatic carbocycles. The summed E-state index contributed by atoms with van der Waals surface area (Å²) in [5, 5.41) is 4.07. The zero-order valence-corrected chi connectivity index (χ0v) is 23.7. The minimum absolute atomic E-state index is 0.0720. The molecule has 7 heteroatoms. The maximum Gasteiger partial charge on any atom is 0.243 e. The molecule has 37 heavy (non-hydrogen) atoms. The molecule has 0 spiro atoms. The second-order valence-corrected chi connectivity index (χ2v) is 10.9. The molecule has 1 atom stereocenters. The van der Waals surface area contributed by atoms with Gasteiger partial charge in [0.1, 0.15) is 6.04 Å². The van der Waals surface area contributed by atoms with Gasteiger partial charge in [0.05, 0.1) is 15.8 Å². The molecule has 0 aliphatic heterocycles. The van der Waals surface area contributed by atoms with E-state index in [2.05, 4.69) is 12.2 Å². The van der Waals surface area contributed by atoms with Crippen LogP contribution >= 0.6 is 35.0 Å². The lowest BCUT2D eigenvalue weighted by atomic mass is 10.0. The highest BCUT2D eigenvalue weighted by molar-refractivity contribution is 7.99. The smallest absolute Gasteiger partial charge is 0.243 e. The predicted octanol–water partition coefficient (Wildman–Crippen LogP) is 7.09. The van der Waals surface area contributed by atoms with E-state index < -0.39 is 6.04 Å². The summed E-state index contributed by atoms with van der Waals surface area (Å²) in [6.07, 6.45) is 2.34. The minimum Gasteiger partial charge on any atom is -0.354 e. The first kappa shape index (κ1) is 29.1. The zero-order chi connectivity index (χ0) is 26.6. The molecule has 3 aromatic carbocycles. The number of benzene rings is 3. The Kier molecular flexibility index (Phi) is 11.8. The molecule has 0 saturated carbocycles. The van der Waals surface area contributed by atoms with Crippen molar-refractivity contribution >= 4 is 46.8 Å². The average molecular weight is 558 g/mol. The molecule has 3 aromatic rings. The van der Waals surface area contributed by atoms with E-state index in [0.29, 0.717) is 35.3 Å². The van der Waals surface area contributed by atoms with E-state index in [1.54, 1.807) is 11.0 Å². The number of amides is 2. The quantitative estimate of drug-likeness (QED) is 0.228. The van der Waals surface area contributed by atoms with Crippen LogP contribution in [0.25, 0.3) is 0 Å². The molecule has 4 nitrogen and oxygen atoms in total. The lowest BCUT2D eigenvalue weighted by molar-refractivity contribution is -0.139. The van der Waals surface area contributed by atoms with Gasteiger partial charge in [-0.25, -0.2) is 0 Å². The standard InChI is InChI=1S/C30H34Cl2N2O2S/c1-3-4-16-33-30(36)28(18-23-8-6-5-7-9-23)34(19-24-12-10-22(2)11-13-24)29(35)21-37-20-25-14-15-26(31)27(32)17-25/h5-15,17,28H,3-4,16,18-21H2,1-2H3,(H,33,36)/t28-/m1/s1. The Morgan fingerprint density at radius 2 is 1.62 bits per heavy atom. The van der Waals surface area contributed by atoms with Crippen LogP contribution in [0.3, 0.4) is 0 Å². The van der Waals surface area contributed by atoms with Gasteiger partial charge < -0.3 is 10.2 Å². The molecule has 196 valence electrons. The lowest BCUT2D eigenvalue weighted by Gasteiger charge is -2.31. The number of halogens is 2. The fourth-order valence-corrected chi connectivity index (χ4v) is 5.10. The van der Waals surface area contributed by atoms with E-state index in [9.17, 15) is 9.59 Å². The molecule has 0 unspecified atom stereocenters. The van der Waals surface area contributed by atoms with Crippen LogP contribution in [0.15, 0.2) is 72.8 Å². The summed E-state index contributed by atoms with van der Waals surface area (Å²) in [5.41, 5.74) is 4.16. The number of nitrogens with one attached hydrogen (secondary N) is 1. The van der Waals surface area contributed by atoms with Gasteiger partial charge in [0.25, 0.3) is 0 Å². The van der Waals surface area contributed by atoms with Gasteiger partial charge >= 0.3 is 0 Å². The monoisotopic (exact) mass is 556 g/mol. The summed E-state index contributed by atoms with van der Waals surface area (Å²) in [5.74, 6) is 0.677. The van der Waals surface area contributed by atoms with Crippen LogP contribution in [-0.2, 0) is 28.3 Å². The summed E-state index contributed by atoms with van der Waals surface area (Å²) >= 11 is 13.7. The van der Waals surface area contributed by atoms with Crippen LogP contribution in [0.1, 0.15) is 42.0 Å². The Balaban J connectivity index is 1.82. The van der Waals surface area contributed by atoms with Gasteiger partial charge in [-0.05, 0) is 42.2 Å². The van der Waals surface area contributed by atoms with Crippen molar-refractivity contribution in [3.05, 3.63) is 105 Å². The lowest BCUT2D eigenvalue weighted by Crippen LogP contribution is -2.51. The summed E-state index contributed by atoms with van der Waals surface area (Å²) in [6.45, 7) is 5.09. The first-order valence-electron chi connectivity index (χ1n) is 12.6. The number of carbonyl (C=O) groups excluding carboxylic acids is 2. The van der Waals surface area contributed by atoms with Gasteiger partial charge in [0, 0.05) is 25.3 Å². The summed E-state index contributed by atoms with van der Waals surface area (Å²) in [6, 6.07) is 22.9. The molecule has 3 rings (SSSR count). The minimum atomic E-state index is -0.612. The maximum absolute atomic E-state index is 13.7. The molecule has 0 aromatic heterocycles. The number of aryl methyl sites for hydroxylation is 1. The maximum atomic E-state index is 13.7. The number of thioether (sulfide) groups is 1. The van der Waals surface area contributed by atoms with Crippen molar-refractivity contribution in [2.45, 2.75) is 51.4 Å². The molecule has 0 bridgehead atoms. The molecule has 0 aliphatic rings. The normalized spacial score (nSPS) is 11.7. The van der Waals surface area contributed by atoms with Crippen molar-refractivity contribution in [3.8, 4) is 0 Å². The van der Waals surface area contributed by atoms with Gasteiger partial charge in [0.15, 0.2) is 0 Å². The SMILES string of the molecule is CCCCNC(=O)[C@@H](Cc1ccccc1)N(Cc1ccc(C)cc1)C(=O)CSCc1ccc(Cl)c(Cl)c1.